The Bertz CT molecular complexity index is 5410. The van der Waals surface area contributed by atoms with Gasteiger partial charge in [0.2, 0.25) is 35.4 Å². The zero-order valence-corrected chi connectivity index (χ0v) is 88.7. The van der Waals surface area contributed by atoms with Gasteiger partial charge in [0.25, 0.3) is 6.47 Å². The van der Waals surface area contributed by atoms with Crippen molar-refractivity contribution in [2.24, 2.45) is 23.5 Å². The third-order valence-corrected chi connectivity index (χ3v) is 23.0. The van der Waals surface area contributed by atoms with Gasteiger partial charge in [-0.2, -0.15) is 15.3 Å². The van der Waals surface area contributed by atoms with Crippen molar-refractivity contribution in [3.63, 3.8) is 0 Å². The van der Waals surface area contributed by atoms with Crippen LogP contribution in [0.1, 0.15) is 269 Å². The summed E-state index contributed by atoms with van der Waals surface area (Å²) in [5.41, 5.74) is 16.6. The van der Waals surface area contributed by atoms with E-state index in [-0.39, 0.29) is 292 Å². The molecule has 33 heteroatoms. The van der Waals surface area contributed by atoms with Crippen LogP contribution >= 0.6 is 28.3 Å². The monoisotopic (exact) mass is 2100 g/mol. The van der Waals surface area contributed by atoms with E-state index in [1.165, 1.54) is 70.3 Å². The minimum absolute atomic E-state index is 0. The van der Waals surface area contributed by atoms with Gasteiger partial charge in [0, 0.05) is 75.7 Å². The zero-order valence-electron chi connectivity index (χ0n) is 75.7. The van der Waals surface area contributed by atoms with Crippen LogP contribution in [0.5, 0.6) is 0 Å². The van der Waals surface area contributed by atoms with E-state index in [2.05, 4.69) is 59.7 Å². The summed E-state index contributed by atoms with van der Waals surface area (Å²) < 4.78 is 70.2. The Morgan fingerprint density at radius 2 is 0.891 bits per heavy atom. The van der Waals surface area contributed by atoms with E-state index in [1.807, 2.05) is 73.7 Å². The van der Waals surface area contributed by atoms with E-state index >= 15 is 4.39 Å². The molecule has 4 N–H and O–H groups in total. The second-order valence-corrected chi connectivity index (χ2v) is 34.2. The number of ether oxygens (including phenoxy) is 1. The average Bonchev–Trinajstić information content (AvgIpc) is 1.72. The Morgan fingerprint density at radius 3 is 1.22 bits per heavy atom. The number of hydrogen-bond acceptors (Lipinski definition) is 18. The molecular formula is C96H113BrClCs2F4N11O14. The van der Waals surface area contributed by atoms with Crippen LogP contribution in [0.2, 0.25) is 0 Å². The molecule has 0 bridgehead atoms. The van der Waals surface area contributed by atoms with Gasteiger partial charge in [0.1, 0.15) is 40.1 Å². The van der Waals surface area contributed by atoms with Gasteiger partial charge in [-0.25, -0.2) is 32.0 Å². The molecule has 25 nitrogen and oxygen atoms in total. The Balaban J connectivity index is 0.000000320. The Morgan fingerprint density at radius 1 is 0.558 bits per heavy atom. The van der Waals surface area contributed by atoms with Gasteiger partial charge < -0.3 is 27.4 Å². The first-order chi connectivity index (χ1) is 60.3. The zero-order chi connectivity index (χ0) is 91.1. The SMILES string of the molecule is C.CCc1cccc(-n2nc(C)cc2C(=O)Cc2cc(C(Br)CCC3CC3)ccc2F)c1.Cc1cc(C(=O)Cc2cc(C(CCC3CC3)N3C(=O)CCC3=O)ccc2F)n(-c2cccc(CN)c2)n1.Cc1cc(C(=O)Cc2cc(C(CCC3CC3)N3C(=O)CCC3=O)ccc2F)n(-c2cccc(CNC(=O)OC(C)(C)C)c2)n1.Cl.O=C1CCC(=O)N1.O=CO[O-].[2H]CF.[Cs+].[Cs+].[H-]. The molecule has 3 aliphatic carbocycles. The number of amides is 7. The number of hydrogen-bond donors (Lipinski definition) is 3. The summed E-state index contributed by atoms with van der Waals surface area (Å²) >= 11 is 3.75. The van der Waals surface area contributed by atoms with Gasteiger partial charge in [-0.3, -0.25) is 67.5 Å². The molecule has 7 amide bonds. The fourth-order valence-electron chi connectivity index (χ4n) is 15.1. The van der Waals surface area contributed by atoms with Crippen LogP contribution in [0.4, 0.5) is 22.4 Å². The second kappa shape index (κ2) is 52.9. The normalized spacial score (nSPS) is 15.0. The molecule has 129 heavy (non-hydrogen) atoms. The predicted octanol–water partition coefficient (Wildman–Crippen LogP) is 11.3. The minimum Gasteiger partial charge on any atom is -1.00 e. The first-order valence-corrected chi connectivity index (χ1v) is 43.0. The van der Waals surface area contributed by atoms with Crippen LogP contribution in [0.25, 0.3) is 17.1 Å². The van der Waals surface area contributed by atoms with Gasteiger partial charge in [-0.1, -0.05) is 142 Å². The summed E-state index contributed by atoms with van der Waals surface area (Å²) in [5.74, 6) is -1.12. The number of imide groups is 3. The number of benzene rings is 6. The summed E-state index contributed by atoms with van der Waals surface area (Å²) in [6.07, 6.45) is 14.1. The first-order valence-electron chi connectivity index (χ1n) is 42.8. The number of alkyl halides is 2. The summed E-state index contributed by atoms with van der Waals surface area (Å²) in [6, 6.07) is 41.3. The molecule has 0 spiro atoms. The Kier molecular flexibility index (Phi) is 44.6. The molecule has 3 atom stereocenters. The molecule has 0 radical (unpaired) electrons. The van der Waals surface area contributed by atoms with Crippen LogP contribution in [-0.4, -0.2) is 117 Å². The molecule has 3 aromatic heterocycles. The molecular weight excluding hydrogens is 1990 g/mol. The van der Waals surface area contributed by atoms with Gasteiger partial charge in [0.15, 0.2) is 17.3 Å². The van der Waals surface area contributed by atoms with Gasteiger partial charge >= 0.3 is 144 Å². The molecule has 6 aromatic carbocycles. The number of nitrogens with zero attached hydrogens (tertiary/aromatic N) is 8. The number of Topliss-reactive ketones (excluding diaryl/α,β-unsaturated/α-hetero) is 3. The van der Waals surface area contributed by atoms with Crippen LogP contribution in [0, 0.1) is 56.0 Å². The number of carbonyl (C=O) groups excluding carboxylic acids is 11. The van der Waals surface area contributed by atoms with Gasteiger partial charge in [0.05, 0.1) is 54.8 Å². The van der Waals surface area contributed by atoms with Crippen LogP contribution < -0.4 is 159 Å². The molecule has 3 saturated carbocycles. The third kappa shape index (κ3) is 32.8. The molecule has 6 heterocycles. The predicted molar refractivity (Wildman–Crippen MR) is 475 cm³/mol. The van der Waals surface area contributed by atoms with Crippen molar-refractivity contribution in [1.29, 1.82) is 0 Å². The van der Waals surface area contributed by atoms with Crippen molar-refractivity contribution in [3.8, 4) is 17.1 Å². The Labute approximate surface area is 885 Å². The summed E-state index contributed by atoms with van der Waals surface area (Å²) in [4.78, 5) is 137. The van der Waals surface area contributed by atoms with E-state index in [1.54, 1.807) is 98.6 Å². The van der Waals surface area contributed by atoms with Crippen molar-refractivity contribution < 1.29 is 226 Å². The number of nitrogens with one attached hydrogen (secondary N) is 2. The first kappa shape index (κ1) is 109. The molecule has 15 rings (SSSR count). The number of aromatic nitrogens is 6. The maximum atomic E-state index is 15.1. The number of halogens is 6. The van der Waals surface area contributed by atoms with Crippen LogP contribution in [0.3, 0.4) is 0 Å². The molecule has 680 valence electrons. The average molecular weight is 2100 g/mol. The topological polar surface area (TPSA) is 339 Å². The number of nitrogens with two attached hydrogens (primary N) is 1. The minimum atomic E-state index is -1.00. The van der Waals surface area contributed by atoms with Crippen molar-refractivity contribution in [2.45, 2.75) is 233 Å². The number of rotatable bonds is 31. The molecule has 6 aliphatic rings. The van der Waals surface area contributed by atoms with E-state index < -0.39 is 42.6 Å². The van der Waals surface area contributed by atoms with Crippen molar-refractivity contribution in [1.82, 2.24) is 49.8 Å². The number of carbonyl (C=O) groups is 11. The molecule has 3 unspecified atom stereocenters. The fourth-order valence-corrected chi connectivity index (χ4v) is 15.7. The van der Waals surface area contributed by atoms with Gasteiger partial charge in [-0.15, -0.1) is 12.4 Å². The summed E-state index contributed by atoms with van der Waals surface area (Å²) in [6.45, 7) is 13.3. The maximum absolute atomic E-state index is 15.1. The second-order valence-electron chi connectivity index (χ2n) is 33.1. The Hall–Kier alpha value is -7.37. The van der Waals surface area contributed by atoms with E-state index in [4.69, 9.17) is 21.9 Å². The number of ketones is 3. The molecule has 6 fully saturated rings. The van der Waals surface area contributed by atoms with E-state index in [9.17, 15) is 61.1 Å². The fraction of sp³-hybridized carbons (Fsp3) is 0.417. The third-order valence-electron chi connectivity index (χ3n) is 22.0. The molecule has 3 saturated heterocycles. The molecule has 9 aromatic rings. The standard InChI is InChI=1S/C34H39FN4O5.C29H31FN4O3.C26H28BrFN2O.C4H5NO2.CH3F.CH2O3.CH4.ClH.2Cs.H/c1-21-16-29(39(37-21)26-7-5-6-23(17-26)20-36-33(43)44-34(2,3)4)30(40)19-25-18-24(11-12-27(25)35)28(13-10-22-8-9-22)38-31(41)14-15-32(38)42;1-18-13-26(34(32-18)23-4-2-3-20(14-23)17-31)27(35)16-22-15-21(8-9-24(22)30)25(10-7-19-5-6-19)33-28(36)11-12-29(33)37;1-3-18-5-4-6-22(14-18)30-25(13-17(2)29-30)26(31)16-21-15-20(10-12-24(21)28)23(27)11-9-19-7-8-19;6-3-1-2-4(7)5-3;1-2;2-1-4-3;;;;;/h5-7,11-12,16-18,22,28H,8-10,13-15,19-20H2,1-4H3,(H,36,43);2-4,8-9,13-15,19,25H,5-7,10-12,16-17,31H2,1H3;4-6,10,12-15,19,23H,3,7-9,11,16H2,1-2H3;1-2H2,(H,5,6,7);1H3;1,3H;1H4;1H;;;/q;;;;;;;;2*+1;-1/p-1/i;;;;1D;;;;;;. The summed E-state index contributed by atoms with van der Waals surface area (Å²) in [7, 11) is -1.00. The van der Waals surface area contributed by atoms with E-state index in [0.717, 1.165) is 72.5 Å². The van der Waals surface area contributed by atoms with Crippen molar-refractivity contribution >= 4 is 93.7 Å². The van der Waals surface area contributed by atoms with Crippen molar-refractivity contribution in [3.05, 3.63) is 247 Å². The smallest absolute Gasteiger partial charge is 1.00 e. The quantitative estimate of drug-likeness (QED) is 0.00691. The molecule has 3 aliphatic heterocycles. The van der Waals surface area contributed by atoms with Crippen LogP contribution in [-0.2, 0) is 82.0 Å². The number of likely N-dealkylation sites (tertiary alicyclic amines) is 2. The van der Waals surface area contributed by atoms with Crippen molar-refractivity contribution in [2.75, 3.05) is 7.15 Å². The maximum Gasteiger partial charge on any atom is 1.00 e. The van der Waals surface area contributed by atoms with Crippen LogP contribution in [0.15, 0.2) is 146 Å². The van der Waals surface area contributed by atoms with Gasteiger partial charge in [-0.05, 0) is 227 Å². The summed E-state index contributed by atoms with van der Waals surface area (Å²) in [5, 5.41) is 26.8. The number of aryl methyl sites for hydroxylation is 4. The largest absolute Gasteiger partial charge is 1.00 e. The van der Waals surface area contributed by atoms with E-state index in [0.29, 0.717) is 101 Å². The number of alkyl carbamates (subject to hydrolysis) is 1.